The van der Waals surface area contributed by atoms with Crippen molar-refractivity contribution in [2.24, 2.45) is 0 Å². The van der Waals surface area contributed by atoms with E-state index in [9.17, 15) is 0 Å². The molecule has 0 fully saturated rings. The summed E-state index contributed by atoms with van der Waals surface area (Å²) in [5.41, 5.74) is 1.45. The Labute approximate surface area is 142 Å². The molecule has 0 saturated carbocycles. The van der Waals surface area contributed by atoms with E-state index < -0.39 is 6.10 Å². The topological polar surface area (TPSA) is 40.5 Å². The molecule has 2 N–H and O–H groups in total. The highest BCUT2D eigenvalue weighted by atomic mass is 16.3. The lowest BCUT2D eigenvalue weighted by Gasteiger charge is -2.12. The van der Waals surface area contributed by atoms with Crippen LogP contribution in [0.5, 0.6) is 0 Å². The Bertz CT molecular complexity index is 923. The molecule has 4 aromatic rings. The lowest BCUT2D eigenvalue weighted by atomic mass is 9.91. The molecule has 0 amide bonds. The van der Waals surface area contributed by atoms with Crippen molar-refractivity contribution in [2.45, 2.75) is 32.8 Å². The fraction of sp³-hybridized carbons (Fsp3) is 0.273. The fourth-order valence-electron chi connectivity index (χ4n) is 3.23. The number of hydrogen-bond acceptors (Lipinski definition) is 2. The Hall–Kier alpha value is -2.16. The van der Waals surface area contributed by atoms with E-state index in [1.54, 1.807) is 0 Å². The molecule has 24 heavy (non-hydrogen) atoms. The smallest absolute Gasteiger partial charge is 0.0768 e. The summed E-state index contributed by atoms with van der Waals surface area (Å²) in [5.74, 6) is 0. The highest BCUT2D eigenvalue weighted by molar-refractivity contribution is 6.23. The first-order valence-electron chi connectivity index (χ1n) is 8.63. The molecule has 0 aliphatic heterocycles. The van der Waals surface area contributed by atoms with Gasteiger partial charge in [0.2, 0.25) is 0 Å². The van der Waals surface area contributed by atoms with E-state index in [1.807, 2.05) is 6.92 Å². The van der Waals surface area contributed by atoms with Gasteiger partial charge in [-0.05, 0) is 50.7 Å². The lowest BCUT2D eigenvalue weighted by molar-refractivity contribution is 0.0923. The zero-order valence-corrected chi connectivity index (χ0v) is 14.3. The molecule has 0 heterocycles. The van der Waals surface area contributed by atoms with Crippen LogP contribution < -0.4 is 0 Å². The van der Waals surface area contributed by atoms with E-state index in [0.717, 1.165) is 6.42 Å². The van der Waals surface area contributed by atoms with Crippen LogP contribution in [-0.4, -0.2) is 22.9 Å². The van der Waals surface area contributed by atoms with E-state index in [1.165, 1.54) is 37.9 Å². The minimum atomic E-state index is -0.509. The van der Waals surface area contributed by atoms with E-state index in [-0.39, 0.29) is 6.61 Å². The van der Waals surface area contributed by atoms with Crippen molar-refractivity contribution in [3.05, 3.63) is 60.2 Å². The number of benzene rings is 4. The van der Waals surface area contributed by atoms with Crippen LogP contribution in [-0.2, 0) is 6.42 Å². The molecule has 1 unspecified atom stereocenters. The summed E-state index contributed by atoms with van der Waals surface area (Å²) in [5, 5.41) is 24.8. The highest BCUT2D eigenvalue weighted by Crippen LogP contribution is 2.35. The summed E-state index contributed by atoms with van der Waals surface area (Å²) >= 11 is 0. The number of aryl methyl sites for hydroxylation is 1. The van der Waals surface area contributed by atoms with E-state index in [4.69, 9.17) is 10.2 Å². The molecule has 4 rings (SSSR count). The SMILES string of the molecule is CCC(O)CO.CCc1ccc2ccc3cccc4ccc1c2c34. The second kappa shape index (κ2) is 7.16. The number of hydrogen-bond donors (Lipinski definition) is 2. The number of aliphatic hydroxyl groups is 2. The molecule has 0 aliphatic carbocycles. The monoisotopic (exact) mass is 320 g/mol. The van der Waals surface area contributed by atoms with Gasteiger partial charge in [-0.3, -0.25) is 0 Å². The minimum Gasteiger partial charge on any atom is -0.394 e. The molecule has 124 valence electrons. The Morgan fingerprint density at radius 3 is 1.92 bits per heavy atom. The van der Waals surface area contributed by atoms with Crippen LogP contribution >= 0.6 is 0 Å². The zero-order chi connectivity index (χ0) is 17.1. The summed E-state index contributed by atoms with van der Waals surface area (Å²) in [7, 11) is 0. The maximum absolute atomic E-state index is 8.42. The zero-order valence-electron chi connectivity index (χ0n) is 14.3. The molecule has 0 spiro atoms. The molecule has 1 atom stereocenters. The summed E-state index contributed by atoms with van der Waals surface area (Å²) in [6, 6.07) is 20.1. The Kier molecular flexibility index (Phi) is 4.98. The average Bonchev–Trinajstić information content (AvgIpc) is 2.65. The van der Waals surface area contributed by atoms with Gasteiger partial charge in [-0.1, -0.05) is 68.4 Å². The first-order chi connectivity index (χ1) is 11.7. The Balaban J connectivity index is 0.000000246. The van der Waals surface area contributed by atoms with Gasteiger partial charge in [0.05, 0.1) is 12.7 Å². The maximum Gasteiger partial charge on any atom is 0.0768 e. The predicted molar refractivity (Wildman–Crippen MR) is 103 cm³/mol. The fourth-order valence-corrected chi connectivity index (χ4v) is 3.23. The normalized spacial score (nSPS) is 12.5. The van der Waals surface area contributed by atoms with Crippen molar-refractivity contribution < 1.29 is 10.2 Å². The summed E-state index contributed by atoms with van der Waals surface area (Å²) < 4.78 is 0. The lowest BCUT2D eigenvalue weighted by Crippen LogP contribution is -2.08. The molecule has 0 radical (unpaired) electrons. The molecule has 0 bridgehead atoms. The van der Waals surface area contributed by atoms with Gasteiger partial charge in [-0.15, -0.1) is 0 Å². The van der Waals surface area contributed by atoms with Crippen molar-refractivity contribution in [3.8, 4) is 0 Å². The van der Waals surface area contributed by atoms with Crippen LogP contribution in [0.2, 0.25) is 0 Å². The van der Waals surface area contributed by atoms with Gasteiger partial charge in [0.1, 0.15) is 0 Å². The number of aliphatic hydroxyl groups excluding tert-OH is 2. The molecule has 2 nitrogen and oxygen atoms in total. The van der Waals surface area contributed by atoms with Crippen LogP contribution in [0.3, 0.4) is 0 Å². The van der Waals surface area contributed by atoms with Gasteiger partial charge in [-0.2, -0.15) is 0 Å². The third-order valence-electron chi connectivity index (χ3n) is 4.68. The second-order valence-corrected chi connectivity index (χ2v) is 6.18. The molecular formula is C22H24O2. The van der Waals surface area contributed by atoms with Gasteiger partial charge in [0, 0.05) is 0 Å². The van der Waals surface area contributed by atoms with E-state index in [2.05, 4.69) is 61.5 Å². The van der Waals surface area contributed by atoms with Gasteiger partial charge in [-0.25, -0.2) is 0 Å². The molecule has 0 aliphatic rings. The first-order valence-corrected chi connectivity index (χ1v) is 8.63. The summed E-state index contributed by atoms with van der Waals surface area (Å²) in [4.78, 5) is 0. The molecule has 4 aromatic carbocycles. The Morgan fingerprint density at radius 1 is 0.792 bits per heavy atom. The summed E-state index contributed by atoms with van der Waals surface area (Å²) in [6.07, 6.45) is 1.22. The third-order valence-corrected chi connectivity index (χ3v) is 4.68. The Morgan fingerprint density at radius 2 is 1.38 bits per heavy atom. The van der Waals surface area contributed by atoms with Crippen molar-refractivity contribution in [3.63, 3.8) is 0 Å². The summed E-state index contributed by atoms with van der Waals surface area (Å²) in [6.45, 7) is 3.93. The van der Waals surface area contributed by atoms with Gasteiger partial charge in [0.25, 0.3) is 0 Å². The maximum atomic E-state index is 8.42. The predicted octanol–water partition coefficient (Wildman–Crippen LogP) is 4.90. The van der Waals surface area contributed by atoms with Crippen LogP contribution in [0.1, 0.15) is 25.8 Å². The third kappa shape index (κ3) is 2.95. The van der Waals surface area contributed by atoms with Crippen LogP contribution in [0.4, 0.5) is 0 Å². The molecule has 0 aromatic heterocycles. The second-order valence-electron chi connectivity index (χ2n) is 6.18. The molecular weight excluding hydrogens is 296 g/mol. The standard InChI is InChI=1S/C18H14.C4H10O2/c1-2-12-6-7-15-9-8-13-4-3-5-14-10-11-16(12)18(15)17(13)14;1-2-4(6)3-5/h3-11H,2H2,1H3;4-6H,2-3H2,1H3. The van der Waals surface area contributed by atoms with Crippen LogP contribution in [0, 0.1) is 0 Å². The van der Waals surface area contributed by atoms with Gasteiger partial charge in [0.15, 0.2) is 0 Å². The first kappa shape index (κ1) is 16.7. The van der Waals surface area contributed by atoms with Crippen molar-refractivity contribution in [1.82, 2.24) is 0 Å². The van der Waals surface area contributed by atoms with Gasteiger partial charge < -0.3 is 10.2 Å². The van der Waals surface area contributed by atoms with Crippen LogP contribution in [0.25, 0.3) is 32.3 Å². The van der Waals surface area contributed by atoms with Crippen molar-refractivity contribution >= 4 is 32.3 Å². The minimum absolute atomic E-state index is 0.115. The molecule has 0 saturated heterocycles. The highest BCUT2D eigenvalue weighted by Gasteiger charge is 2.09. The van der Waals surface area contributed by atoms with Crippen molar-refractivity contribution in [2.75, 3.05) is 6.61 Å². The van der Waals surface area contributed by atoms with Gasteiger partial charge >= 0.3 is 0 Å². The van der Waals surface area contributed by atoms with Crippen LogP contribution in [0.15, 0.2) is 54.6 Å². The van der Waals surface area contributed by atoms with Crippen molar-refractivity contribution in [1.29, 1.82) is 0 Å². The number of rotatable bonds is 3. The van der Waals surface area contributed by atoms with E-state index in [0.29, 0.717) is 6.42 Å². The average molecular weight is 320 g/mol. The largest absolute Gasteiger partial charge is 0.394 e. The van der Waals surface area contributed by atoms with E-state index >= 15 is 0 Å². The molecule has 2 heteroatoms. The quantitative estimate of drug-likeness (QED) is 0.527.